The lowest BCUT2D eigenvalue weighted by Crippen LogP contribution is -2.06. The van der Waals surface area contributed by atoms with Gasteiger partial charge in [-0.3, -0.25) is 4.99 Å². The van der Waals surface area contributed by atoms with Gasteiger partial charge in [-0.15, -0.1) is 0 Å². The number of fused-ring (bicyclic) bond motifs is 1. The second-order valence-electron chi connectivity index (χ2n) is 5.44. The summed E-state index contributed by atoms with van der Waals surface area (Å²) in [7, 11) is 1.75. The van der Waals surface area contributed by atoms with Gasteiger partial charge in [0.05, 0.1) is 28.8 Å². The third kappa shape index (κ3) is 2.42. The SMILES string of the molecule is CN=C(C(C)=CN)c1cc(-c2c(C)noc2C)cc2[nH]cnc12. The van der Waals surface area contributed by atoms with Crippen LogP contribution >= 0.6 is 0 Å². The number of nitrogens with zero attached hydrogens (tertiary/aromatic N) is 3. The van der Waals surface area contributed by atoms with Crippen LogP contribution in [0.3, 0.4) is 0 Å². The van der Waals surface area contributed by atoms with Gasteiger partial charge in [-0.05, 0) is 50.2 Å². The molecule has 1 aromatic carbocycles. The maximum Gasteiger partial charge on any atom is 0.141 e. The van der Waals surface area contributed by atoms with Crippen molar-refractivity contribution in [2.45, 2.75) is 20.8 Å². The standard InChI is InChI=1S/C17H19N5O/c1-9(7-18)16(19-4)13-5-12(6-14-17(13)21-8-20-14)15-10(2)22-23-11(15)3/h5-8H,18H2,1-4H3,(H,20,21). The number of allylic oxidation sites excluding steroid dienone is 1. The molecule has 3 aromatic rings. The quantitative estimate of drug-likeness (QED) is 0.727. The van der Waals surface area contributed by atoms with Crippen LogP contribution in [0.2, 0.25) is 0 Å². The van der Waals surface area contributed by atoms with Crippen molar-refractivity contribution in [3.8, 4) is 11.1 Å². The maximum atomic E-state index is 5.69. The van der Waals surface area contributed by atoms with Crippen molar-refractivity contribution >= 4 is 16.7 Å². The lowest BCUT2D eigenvalue weighted by atomic mass is 9.96. The fourth-order valence-corrected chi connectivity index (χ4v) is 2.86. The fourth-order valence-electron chi connectivity index (χ4n) is 2.86. The van der Waals surface area contributed by atoms with Gasteiger partial charge in [0.25, 0.3) is 0 Å². The molecule has 0 radical (unpaired) electrons. The Morgan fingerprint density at radius 3 is 2.74 bits per heavy atom. The van der Waals surface area contributed by atoms with E-state index < -0.39 is 0 Å². The number of imidazole rings is 1. The molecule has 3 N–H and O–H groups in total. The van der Waals surface area contributed by atoms with Crippen molar-refractivity contribution in [2.24, 2.45) is 10.7 Å². The van der Waals surface area contributed by atoms with E-state index in [0.29, 0.717) is 0 Å². The molecule has 0 fully saturated rings. The Hall–Kier alpha value is -2.89. The van der Waals surface area contributed by atoms with E-state index in [1.54, 1.807) is 19.6 Å². The Morgan fingerprint density at radius 2 is 2.13 bits per heavy atom. The second-order valence-corrected chi connectivity index (χ2v) is 5.44. The number of aromatic amines is 1. The van der Waals surface area contributed by atoms with Crippen molar-refractivity contribution < 1.29 is 4.52 Å². The second kappa shape index (κ2) is 5.72. The summed E-state index contributed by atoms with van der Waals surface area (Å²) >= 11 is 0. The van der Waals surface area contributed by atoms with Gasteiger partial charge >= 0.3 is 0 Å². The highest BCUT2D eigenvalue weighted by atomic mass is 16.5. The van der Waals surface area contributed by atoms with Crippen LogP contribution in [0.25, 0.3) is 22.2 Å². The molecule has 0 unspecified atom stereocenters. The van der Waals surface area contributed by atoms with Gasteiger partial charge < -0.3 is 15.2 Å². The predicted molar refractivity (Wildman–Crippen MR) is 91.5 cm³/mol. The minimum Gasteiger partial charge on any atom is -0.404 e. The molecule has 0 aliphatic carbocycles. The average molecular weight is 309 g/mol. The maximum absolute atomic E-state index is 5.69. The van der Waals surface area contributed by atoms with Crippen molar-refractivity contribution in [3.05, 3.63) is 47.3 Å². The van der Waals surface area contributed by atoms with E-state index in [1.807, 2.05) is 26.8 Å². The zero-order valence-corrected chi connectivity index (χ0v) is 13.6. The first-order valence-corrected chi connectivity index (χ1v) is 7.33. The Bertz CT molecular complexity index is 910. The van der Waals surface area contributed by atoms with Gasteiger partial charge in [0, 0.05) is 18.2 Å². The molecule has 0 spiro atoms. The first-order valence-electron chi connectivity index (χ1n) is 7.33. The molecule has 0 atom stereocenters. The number of rotatable bonds is 3. The molecular weight excluding hydrogens is 290 g/mol. The Balaban J connectivity index is 2.32. The van der Waals surface area contributed by atoms with E-state index in [-0.39, 0.29) is 0 Å². The largest absolute Gasteiger partial charge is 0.404 e. The summed E-state index contributed by atoms with van der Waals surface area (Å²) in [4.78, 5) is 12.0. The van der Waals surface area contributed by atoms with Gasteiger partial charge in [0.15, 0.2) is 0 Å². The predicted octanol–water partition coefficient (Wildman–Crippen LogP) is 3.12. The van der Waals surface area contributed by atoms with Gasteiger partial charge in [0.1, 0.15) is 5.76 Å². The minimum absolute atomic E-state index is 0.786. The van der Waals surface area contributed by atoms with Crippen molar-refractivity contribution in [1.29, 1.82) is 0 Å². The van der Waals surface area contributed by atoms with E-state index >= 15 is 0 Å². The number of aryl methyl sites for hydroxylation is 2. The molecule has 23 heavy (non-hydrogen) atoms. The number of hydrogen-bond donors (Lipinski definition) is 2. The number of nitrogens with two attached hydrogens (primary N) is 1. The summed E-state index contributed by atoms with van der Waals surface area (Å²) in [6.45, 7) is 5.78. The normalized spacial score (nSPS) is 13.0. The van der Waals surface area contributed by atoms with Crippen LogP contribution < -0.4 is 5.73 Å². The van der Waals surface area contributed by atoms with E-state index in [9.17, 15) is 0 Å². The molecule has 2 heterocycles. The van der Waals surface area contributed by atoms with E-state index in [1.165, 1.54) is 0 Å². The first-order chi connectivity index (χ1) is 11.1. The smallest absolute Gasteiger partial charge is 0.141 e. The zero-order valence-electron chi connectivity index (χ0n) is 13.6. The van der Waals surface area contributed by atoms with Crippen LogP contribution in [0.5, 0.6) is 0 Å². The number of benzene rings is 1. The molecule has 118 valence electrons. The summed E-state index contributed by atoms with van der Waals surface area (Å²) in [5.74, 6) is 0.786. The number of nitrogens with one attached hydrogen (secondary N) is 1. The molecule has 2 aromatic heterocycles. The highest BCUT2D eigenvalue weighted by Gasteiger charge is 2.18. The number of hydrogen-bond acceptors (Lipinski definition) is 5. The van der Waals surface area contributed by atoms with Crippen LogP contribution in [-0.2, 0) is 0 Å². The Labute approximate surface area is 134 Å². The molecule has 0 bridgehead atoms. The monoisotopic (exact) mass is 309 g/mol. The molecule has 0 amide bonds. The van der Waals surface area contributed by atoms with Gasteiger partial charge in [-0.25, -0.2) is 4.98 Å². The third-order valence-electron chi connectivity index (χ3n) is 3.95. The molecule has 0 saturated heterocycles. The summed E-state index contributed by atoms with van der Waals surface area (Å²) in [6, 6.07) is 4.11. The number of H-pyrrole nitrogens is 1. The Kier molecular flexibility index (Phi) is 3.73. The Morgan fingerprint density at radius 1 is 1.35 bits per heavy atom. The fraction of sp³-hybridized carbons (Fsp3) is 0.235. The van der Waals surface area contributed by atoms with Gasteiger partial charge in [-0.1, -0.05) is 5.16 Å². The number of aliphatic imine (C=N–C) groups is 1. The molecule has 0 aliphatic heterocycles. The minimum atomic E-state index is 0.786. The van der Waals surface area contributed by atoms with E-state index in [4.69, 9.17) is 10.3 Å². The van der Waals surface area contributed by atoms with Crippen LogP contribution in [0.4, 0.5) is 0 Å². The molecule has 0 aliphatic rings. The molecule has 0 saturated carbocycles. The van der Waals surface area contributed by atoms with Gasteiger partial charge in [0.2, 0.25) is 0 Å². The summed E-state index contributed by atoms with van der Waals surface area (Å²) in [5.41, 5.74) is 13.0. The van der Waals surface area contributed by atoms with Crippen molar-refractivity contribution in [3.63, 3.8) is 0 Å². The molecular formula is C17H19N5O. The van der Waals surface area contributed by atoms with Crippen LogP contribution in [0, 0.1) is 13.8 Å². The highest BCUT2D eigenvalue weighted by Crippen LogP contribution is 2.31. The summed E-state index contributed by atoms with van der Waals surface area (Å²) in [5, 5.41) is 4.04. The van der Waals surface area contributed by atoms with E-state index in [2.05, 4.69) is 26.2 Å². The zero-order chi connectivity index (χ0) is 16.6. The van der Waals surface area contributed by atoms with E-state index in [0.717, 1.165) is 50.5 Å². The molecule has 6 nitrogen and oxygen atoms in total. The lowest BCUT2D eigenvalue weighted by Gasteiger charge is -2.10. The van der Waals surface area contributed by atoms with Gasteiger partial charge in [-0.2, -0.15) is 0 Å². The summed E-state index contributed by atoms with van der Waals surface area (Å²) < 4.78 is 5.30. The number of aromatic nitrogens is 3. The van der Waals surface area contributed by atoms with Crippen molar-refractivity contribution in [2.75, 3.05) is 7.05 Å². The van der Waals surface area contributed by atoms with Crippen LogP contribution in [0.1, 0.15) is 23.9 Å². The third-order valence-corrected chi connectivity index (χ3v) is 3.95. The highest BCUT2D eigenvalue weighted by molar-refractivity contribution is 6.18. The molecule has 6 heteroatoms. The van der Waals surface area contributed by atoms with Crippen LogP contribution in [0.15, 0.2) is 39.7 Å². The topological polar surface area (TPSA) is 93.1 Å². The van der Waals surface area contributed by atoms with Crippen LogP contribution in [-0.4, -0.2) is 27.9 Å². The first kappa shape index (κ1) is 15.0. The summed E-state index contributed by atoms with van der Waals surface area (Å²) in [6.07, 6.45) is 3.24. The average Bonchev–Trinajstić information content (AvgIpc) is 3.14. The molecule has 3 rings (SSSR count). The van der Waals surface area contributed by atoms with Crippen molar-refractivity contribution in [1.82, 2.24) is 15.1 Å². The lowest BCUT2D eigenvalue weighted by molar-refractivity contribution is 0.393.